The van der Waals surface area contributed by atoms with Gasteiger partial charge in [-0.1, -0.05) is 24.3 Å². The largest absolute Gasteiger partial charge is 0.335 e. The molecule has 0 aliphatic carbocycles. The molecule has 2 aliphatic rings. The molecule has 0 N–H and O–H groups in total. The molecule has 0 unspecified atom stereocenters. The molecule has 1 fully saturated rings. The van der Waals surface area contributed by atoms with E-state index >= 15 is 0 Å². The summed E-state index contributed by atoms with van der Waals surface area (Å²) in [6, 6.07) is 13.5. The van der Waals surface area contributed by atoms with E-state index in [0.29, 0.717) is 44.0 Å². The number of hydrogen-bond acceptors (Lipinski definition) is 7. The van der Waals surface area contributed by atoms with Crippen LogP contribution in [0.5, 0.6) is 0 Å². The van der Waals surface area contributed by atoms with E-state index in [1.807, 2.05) is 35.2 Å². The van der Waals surface area contributed by atoms with Gasteiger partial charge in [-0.05, 0) is 23.8 Å². The van der Waals surface area contributed by atoms with Crippen molar-refractivity contribution in [2.75, 3.05) is 32.7 Å². The second kappa shape index (κ2) is 8.76. The van der Waals surface area contributed by atoms with Gasteiger partial charge in [-0.3, -0.25) is 19.5 Å². The van der Waals surface area contributed by atoms with E-state index in [9.17, 15) is 9.59 Å². The summed E-state index contributed by atoms with van der Waals surface area (Å²) in [5.41, 5.74) is 4.69. The average Bonchev–Trinajstić information content (AvgIpc) is 3.29. The van der Waals surface area contributed by atoms with E-state index in [-0.39, 0.29) is 11.7 Å². The van der Waals surface area contributed by atoms with E-state index in [4.69, 9.17) is 0 Å². The third kappa shape index (κ3) is 4.17. The number of aromatic nitrogens is 3. The molecule has 0 atom stereocenters. The Morgan fingerprint density at radius 1 is 0.906 bits per heavy atom. The lowest BCUT2D eigenvalue weighted by Crippen LogP contribution is -2.50. The van der Waals surface area contributed by atoms with Gasteiger partial charge in [0.2, 0.25) is 0 Å². The van der Waals surface area contributed by atoms with Crippen molar-refractivity contribution in [2.24, 2.45) is 4.99 Å². The van der Waals surface area contributed by atoms with Crippen molar-refractivity contribution in [1.29, 1.82) is 0 Å². The highest BCUT2D eigenvalue weighted by Gasteiger charge is 2.25. The molecule has 2 aliphatic heterocycles. The lowest BCUT2D eigenvalue weighted by atomic mass is 10.1. The van der Waals surface area contributed by atoms with Crippen molar-refractivity contribution in [1.82, 2.24) is 24.8 Å². The first-order valence-electron chi connectivity index (χ1n) is 10.6. The van der Waals surface area contributed by atoms with Crippen molar-refractivity contribution in [3.05, 3.63) is 83.7 Å². The molecule has 0 bridgehead atoms. The number of nitrogens with zero attached hydrogens (tertiary/aromatic N) is 6. The standard InChI is InChI=1S/C24H22N6O2/c31-23(18-13-25-16-26-14-18)15-29-8-10-30(11-9-29)24(32)21-7-3-6-20(28-21)22-12-17-4-1-2-5-19(17)27-22/h1-7,13-14,16H,8-12,15H2. The third-order valence-electron chi connectivity index (χ3n) is 5.78. The summed E-state index contributed by atoms with van der Waals surface area (Å²) in [5.74, 6) is -0.108. The summed E-state index contributed by atoms with van der Waals surface area (Å²) in [6.45, 7) is 2.66. The van der Waals surface area contributed by atoms with Crippen LogP contribution in [0.3, 0.4) is 0 Å². The molecule has 1 saturated heterocycles. The predicted molar refractivity (Wildman–Crippen MR) is 119 cm³/mol. The Kier molecular flexibility index (Phi) is 5.51. The van der Waals surface area contributed by atoms with Crippen LogP contribution >= 0.6 is 0 Å². The number of aliphatic imine (C=N–C) groups is 1. The Bertz CT molecular complexity index is 1190. The number of rotatable bonds is 5. The highest BCUT2D eigenvalue weighted by molar-refractivity contribution is 6.06. The summed E-state index contributed by atoms with van der Waals surface area (Å²) in [6.07, 6.45) is 5.18. The lowest BCUT2D eigenvalue weighted by Gasteiger charge is -2.34. The highest BCUT2D eigenvalue weighted by atomic mass is 16.2. The Balaban J connectivity index is 1.21. The zero-order chi connectivity index (χ0) is 21.9. The molecule has 0 spiro atoms. The monoisotopic (exact) mass is 426 g/mol. The van der Waals surface area contributed by atoms with Gasteiger partial charge in [0.1, 0.15) is 12.0 Å². The summed E-state index contributed by atoms with van der Waals surface area (Å²) >= 11 is 0. The van der Waals surface area contributed by atoms with E-state index in [1.54, 1.807) is 11.0 Å². The molecule has 5 rings (SSSR count). The molecular formula is C24H22N6O2. The molecule has 2 aromatic heterocycles. The van der Waals surface area contributed by atoms with Crippen molar-refractivity contribution < 1.29 is 9.59 Å². The molecule has 1 aromatic carbocycles. The molecule has 3 aromatic rings. The van der Waals surface area contributed by atoms with Crippen LogP contribution in [0.1, 0.15) is 32.1 Å². The number of fused-ring (bicyclic) bond motifs is 1. The molecule has 32 heavy (non-hydrogen) atoms. The zero-order valence-corrected chi connectivity index (χ0v) is 17.5. The minimum Gasteiger partial charge on any atom is -0.335 e. The number of Topliss-reactive ketones (excluding diaryl/α,β-unsaturated/α-hetero) is 1. The average molecular weight is 426 g/mol. The fourth-order valence-corrected chi connectivity index (χ4v) is 4.01. The molecule has 1 amide bonds. The van der Waals surface area contributed by atoms with E-state index in [2.05, 4.69) is 26.0 Å². The van der Waals surface area contributed by atoms with Crippen LogP contribution in [0.2, 0.25) is 0 Å². The maximum absolute atomic E-state index is 13.1. The normalized spacial score (nSPS) is 15.9. The minimum absolute atomic E-state index is 0.0157. The van der Waals surface area contributed by atoms with E-state index in [0.717, 1.165) is 23.5 Å². The Labute approximate surface area is 185 Å². The first-order valence-corrected chi connectivity index (χ1v) is 10.6. The summed E-state index contributed by atoms with van der Waals surface area (Å²) in [5, 5.41) is 0. The fraction of sp³-hybridized carbons (Fsp3) is 0.250. The maximum Gasteiger partial charge on any atom is 0.272 e. The van der Waals surface area contributed by atoms with Gasteiger partial charge in [0.05, 0.1) is 29.2 Å². The topological polar surface area (TPSA) is 91.7 Å². The molecule has 4 heterocycles. The van der Waals surface area contributed by atoms with Crippen molar-refractivity contribution in [3.8, 4) is 0 Å². The summed E-state index contributed by atoms with van der Waals surface area (Å²) in [7, 11) is 0. The highest BCUT2D eigenvalue weighted by Crippen LogP contribution is 2.27. The molecule has 8 nitrogen and oxygen atoms in total. The second-order valence-electron chi connectivity index (χ2n) is 7.89. The van der Waals surface area contributed by atoms with Crippen LogP contribution in [0.25, 0.3) is 0 Å². The number of piperazine rings is 1. The molecule has 8 heteroatoms. The molecule has 0 radical (unpaired) electrons. The van der Waals surface area contributed by atoms with Gasteiger partial charge in [0.15, 0.2) is 5.78 Å². The van der Waals surface area contributed by atoms with Gasteiger partial charge >= 0.3 is 0 Å². The Hall–Kier alpha value is -3.78. The number of amides is 1. The van der Waals surface area contributed by atoms with Gasteiger partial charge in [-0.25, -0.2) is 15.0 Å². The van der Waals surface area contributed by atoms with E-state index < -0.39 is 0 Å². The van der Waals surface area contributed by atoms with E-state index in [1.165, 1.54) is 24.3 Å². The number of carbonyl (C=O) groups is 2. The fourth-order valence-electron chi connectivity index (χ4n) is 4.01. The van der Waals surface area contributed by atoms with Crippen LogP contribution < -0.4 is 0 Å². The SMILES string of the molecule is O=C(CN1CCN(C(=O)c2cccc(C3=Nc4ccccc4C3)n2)CC1)c1cncnc1. The van der Waals surface area contributed by atoms with Gasteiger partial charge in [-0.15, -0.1) is 0 Å². The Morgan fingerprint density at radius 2 is 1.69 bits per heavy atom. The van der Waals surface area contributed by atoms with Gasteiger partial charge < -0.3 is 4.90 Å². The first kappa shape index (κ1) is 20.1. The van der Waals surface area contributed by atoms with Crippen LogP contribution in [-0.2, 0) is 6.42 Å². The number of benzene rings is 1. The number of hydrogen-bond donors (Lipinski definition) is 0. The summed E-state index contributed by atoms with van der Waals surface area (Å²) in [4.78, 5) is 46.4. The Morgan fingerprint density at radius 3 is 2.47 bits per heavy atom. The lowest BCUT2D eigenvalue weighted by molar-refractivity contribution is 0.0619. The quantitative estimate of drug-likeness (QED) is 0.581. The van der Waals surface area contributed by atoms with Crippen LogP contribution in [0, 0.1) is 0 Å². The smallest absolute Gasteiger partial charge is 0.272 e. The van der Waals surface area contributed by atoms with Crippen LogP contribution in [-0.4, -0.2) is 74.9 Å². The third-order valence-corrected chi connectivity index (χ3v) is 5.78. The number of para-hydroxylation sites is 1. The molecule has 160 valence electrons. The predicted octanol–water partition coefficient (Wildman–Crippen LogP) is 2.19. The molecular weight excluding hydrogens is 404 g/mol. The number of ketones is 1. The minimum atomic E-state index is -0.0922. The van der Waals surface area contributed by atoms with Crippen LogP contribution in [0.4, 0.5) is 5.69 Å². The second-order valence-corrected chi connectivity index (χ2v) is 7.89. The maximum atomic E-state index is 13.1. The van der Waals surface area contributed by atoms with Crippen molar-refractivity contribution in [3.63, 3.8) is 0 Å². The van der Waals surface area contributed by atoms with Crippen molar-refractivity contribution >= 4 is 23.1 Å². The molecule has 0 saturated carbocycles. The summed E-state index contributed by atoms with van der Waals surface area (Å²) < 4.78 is 0. The van der Waals surface area contributed by atoms with Gasteiger partial charge in [0.25, 0.3) is 5.91 Å². The van der Waals surface area contributed by atoms with Crippen LogP contribution in [0.15, 0.2) is 66.2 Å². The van der Waals surface area contributed by atoms with Crippen molar-refractivity contribution in [2.45, 2.75) is 6.42 Å². The first-order chi connectivity index (χ1) is 15.7. The van der Waals surface area contributed by atoms with Gasteiger partial charge in [0, 0.05) is 45.0 Å². The number of carbonyl (C=O) groups excluding carboxylic acids is 2. The zero-order valence-electron chi connectivity index (χ0n) is 17.5. The van der Waals surface area contributed by atoms with Gasteiger partial charge in [-0.2, -0.15) is 0 Å². The number of pyridine rings is 1.